The van der Waals surface area contributed by atoms with Crippen LogP contribution in [-0.2, 0) is 0 Å². The Morgan fingerprint density at radius 2 is 2.07 bits per heavy atom. The molecule has 0 fully saturated rings. The molecule has 0 radical (unpaired) electrons. The highest BCUT2D eigenvalue weighted by Gasteiger charge is 2.10. The van der Waals surface area contributed by atoms with Crippen molar-refractivity contribution in [3.05, 3.63) is 28.8 Å². The third-order valence-electron chi connectivity index (χ3n) is 1.87. The molecule has 0 heterocycles. The van der Waals surface area contributed by atoms with Gasteiger partial charge < -0.3 is 16.6 Å². The summed E-state index contributed by atoms with van der Waals surface area (Å²) < 4.78 is 0. The van der Waals surface area contributed by atoms with Crippen LogP contribution in [0, 0.1) is 0 Å². The van der Waals surface area contributed by atoms with E-state index in [0.717, 1.165) is 0 Å². The summed E-state index contributed by atoms with van der Waals surface area (Å²) in [6.07, 6.45) is 0.633. The minimum Gasteiger partial charge on any atom is -0.508 e. The topological polar surface area (TPSA) is 72.3 Å². The lowest BCUT2D eigenvalue weighted by molar-refractivity contribution is 0.459. The summed E-state index contributed by atoms with van der Waals surface area (Å²) >= 11 is 5.76. The summed E-state index contributed by atoms with van der Waals surface area (Å²) in [5.74, 6) is 0.172. The number of nitrogens with two attached hydrogens (primary N) is 2. The fraction of sp³-hybridized carbons (Fsp3) is 0.333. The van der Waals surface area contributed by atoms with E-state index in [-0.39, 0.29) is 24.2 Å². The van der Waals surface area contributed by atoms with Crippen molar-refractivity contribution in [2.75, 3.05) is 6.54 Å². The molecule has 0 unspecified atom stereocenters. The summed E-state index contributed by atoms with van der Waals surface area (Å²) in [6.45, 7) is 0.493. The molecule has 0 amide bonds. The van der Waals surface area contributed by atoms with E-state index >= 15 is 0 Å². The third-order valence-corrected chi connectivity index (χ3v) is 2.10. The number of phenols is 1. The number of hydrogen-bond donors (Lipinski definition) is 3. The summed E-state index contributed by atoms with van der Waals surface area (Å²) in [5, 5.41) is 10.0. The zero-order valence-electron chi connectivity index (χ0n) is 7.61. The van der Waals surface area contributed by atoms with Gasteiger partial charge in [-0.05, 0) is 31.2 Å². The predicted octanol–water partition coefficient (Wildman–Crippen LogP) is 1.82. The van der Waals surface area contributed by atoms with Crippen LogP contribution in [0.1, 0.15) is 18.0 Å². The van der Waals surface area contributed by atoms with E-state index in [4.69, 9.17) is 23.1 Å². The van der Waals surface area contributed by atoms with E-state index in [0.29, 0.717) is 23.6 Å². The van der Waals surface area contributed by atoms with Gasteiger partial charge >= 0.3 is 0 Å². The first-order chi connectivity index (χ1) is 6.15. The van der Waals surface area contributed by atoms with Gasteiger partial charge in [-0.2, -0.15) is 0 Å². The van der Waals surface area contributed by atoms with E-state index < -0.39 is 0 Å². The standard InChI is InChI=1S/C9H13ClN2O.ClH/c10-6-1-2-9(13)7(5-6)8(12)3-4-11;/h1-2,5,8,13H,3-4,11-12H2;1H/t8-;/m1./s1. The first-order valence-corrected chi connectivity index (χ1v) is 4.47. The summed E-state index contributed by atoms with van der Waals surface area (Å²) in [7, 11) is 0. The molecule has 0 aromatic heterocycles. The summed E-state index contributed by atoms with van der Waals surface area (Å²) in [4.78, 5) is 0. The molecule has 0 saturated carbocycles. The molecule has 1 atom stereocenters. The first kappa shape index (κ1) is 13.5. The second-order valence-corrected chi connectivity index (χ2v) is 3.32. The number of aromatic hydroxyl groups is 1. The minimum atomic E-state index is -0.247. The molecular formula is C9H14Cl2N2O. The van der Waals surface area contributed by atoms with Crippen LogP contribution in [-0.4, -0.2) is 11.7 Å². The van der Waals surface area contributed by atoms with E-state index in [2.05, 4.69) is 0 Å². The molecule has 5 heteroatoms. The Balaban J connectivity index is 0.00000169. The Hall–Kier alpha value is -0.480. The smallest absolute Gasteiger partial charge is 0.120 e. The Morgan fingerprint density at radius 1 is 1.43 bits per heavy atom. The van der Waals surface area contributed by atoms with Crippen LogP contribution in [0.3, 0.4) is 0 Å². The van der Waals surface area contributed by atoms with Crippen molar-refractivity contribution in [1.29, 1.82) is 0 Å². The van der Waals surface area contributed by atoms with Crippen molar-refractivity contribution in [3.8, 4) is 5.75 Å². The maximum absolute atomic E-state index is 9.45. The van der Waals surface area contributed by atoms with E-state index in [1.54, 1.807) is 12.1 Å². The molecule has 0 spiro atoms. The van der Waals surface area contributed by atoms with E-state index in [9.17, 15) is 5.11 Å². The lowest BCUT2D eigenvalue weighted by Crippen LogP contribution is -2.15. The van der Waals surface area contributed by atoms with Gasteiger partial charge in [0.15, 0.2) is 0 Å². The zero-order valence-corrected chi connectivity index (χ0v) is 9.18. The molecule has 0 aliphatic carbocycles. The number of rotatable bonds is 3. The van der Waals surface area contributed by atoms with Gasteiger partial charge in [0.05, 0.1) is 0 Å². The van der Waals surface area contributed by atoms with Gasteiger partial charge in [0.25, 0.3) is 0 Å². The SMILES string of the molecule is Cl.NCC[C@@H](N)c1cc(Cl)ccc1O. The molecule has 3 nitrogen and oxygen atoms in total. The van der Waals surface area contributed by atoms with Crippen molar-refractivity contribution in [2.45, 2.75) is 12.5 Å². The van der Waals surface area contributed by atoms with Crippen LogP contribution >= 0.6 is 24.0 Å². The molecule has 0 saturated heterocycles. The second-order valence-electron chi connectivity index (χ2n) is 2.89. The number of phenolic OH excluding ortho intramolecular Hbond substituents is 1. The molecule has 1 aromatic carbocycles. The van der Waals surface area contributed by atoms with Crippen molar-refractivity contribution in [2.24, 2.45) is 11.5 Å². The van der Waals surface area contributed by atoms with E-state index in [1.807, 2.05) is 0 Å². The van der Waals surface area contributed by atoms with Crippen LogP contribution < -0.4 is 11.5 Å². The highest BCUT2D eigenvalue weighted by atomic mass is 35.5. The number of benzene rings is 1. The second kappa shape index (κ2) is 6.09. The van der Waals surface area contributed by atoms with Gasteiger partial charge in [-0.3, -0.25) is 0 Å². The molecule has 0 aliphatic rings. The Bertz CT molecular complexity index is 294. The van der Waals surface area contributed by atoms with Crippen LogP contribution in [0.5, 0.6) is 5.75 Å². The number of halogens is 2. The summed E-state index contributed by atoms with van der Waals surface area (Å²) in [6, 6.07) is 4.57. The summed E-state index contributed by atoms with van der Waals surface area (Å²) in [5.41, 5.74) is 11.8. The van der Waals surface area contributed by atoms with Crippen LogP contribution in [0.25, 0.3) is 0 Å². The van der Waals surface area contributed by atoms with Crippen molar-refractivity contribution in [1.82, 2.24) is 0 Å². The van der Waals surface area contributed by atoms with Gasteiger partial charge in [-0.15, -0.1) is 12.4 Å². The van der Waals surface area contributed by atoms with Crippen LogP contribution in [0.2, 0.25) is 5.02 Å². The van der Waals surface area contributed by atoms with Gasteiger partial charge in [-0.1, -0.05) is 11.6 Å². The maximum Gasteiger partial charge on any atom is 0.120 e. The molecule has 80 valence electrons. The Kier molecular flexibility index (Phi) is 5.88. The molecule has 0 bridgehead atoms. The Labute approximate surface area is 94.5 Å². The average Bonchev–Trinajstić information content (AvgIpc) is 2.09. The minimum absolute atomic E-state index is 0. The van der Waals surface area contributed by atoms with Crippen molar-refractivity contribution in [3.63, 3.8) is 0 Å². The van der Waals surface area contributed by atoms with Gasteiger partial charge in [0, 0.05) is 16.6 Å². The lowest BCUT2D eigenvalue weighted by atomic mass is 10.0. The monoisotopic (exact) mass is 236 g/mol. The third kappa shape index (κ3) is 3.35. The van der Waals surface area contributed by atoms with Crippen LogP contribution in [0.4, 0.5) is 0 Å². The predicted molar refractivity (Wildman–Crippen MR) is 61.0 cm³/mol. The lowest BCUT2D eigenvalue weighted by Gasteiger charge is -2.12. The van der Waals surface area contributed by atoms with Crippen LogP contribution in [0.15, 0.2) is 18.2 Å². The van der Waals surface area contributed by atoms with Gasteiger partial charge in [-0.25, -0.2) is 0 Å². The quantitative estimate of drug-likeness (QED) is 0.750. The molecular weight excluding hydrogens is 223 g/mol. The van der Waals surface area contributed by atoms with Crippen molar-refractivity contribution >= 4 is 24.0 Å². The van der Waals surface area contributed by atoms with Crippen molar-refractivity contribution < 1.29 is 5.11 Å². The maximum atomic E-state index is 9.45. The fourth-order valence-corrected chi connectivity index (χ4v) is 1.34. The molecule has 1 rings (SSSR count). The highest BCUT2D eigenvalue weighted by Crippen LogP contribution is 2.27. The molecule has 1 aromatic rings. The van der Waals surface area contributed by atoms with E-state index in [1.165, 1.54) is 6.07 Å². The van der Waals surface area contributed by atoms with Gasteiger partial charge in [0.2, 0.25) is 0 Å². The van der Waals surface area contributed by atoms with Gasteiger partial charge in [0.1, 0.15) is 5.75 Å². The normalized spacial score (nSPS) is 11.9. The Morgan fingerprint density at radius 3 is 2.64 bits per heavy atom. The zero-order chi connectivity index (χ0) is 9.84. The molecule has 14 heavy (non-hydrogen) atoms. The highest BCUT2D eigenvalue weighted by molar-refractivity contribution is 6.30. The fourth-order valence-electron chi connectivity index (χ4n) is 1.16. The number of hydrogen-bond acceptors (Lipinski definition) is 3. The molecule has 5 N–H and O–H groups in total. The first-order valence-electron chi connectivity index (χ1n) is 4.09. The molecule has 0 aliphatic heterocycles. The average molecular weight is 237 g/mol. The largest absolute Gasteiger partial charge is 0.508 e.